The Morgan fingerprint density at radius 3 is 2.22 bits per heavy atom. The minimum Gasteiger partial charge on any atom is -0.390 e. The Labute approximate surface area is 242 Å². The van der Waals surface area contributed by atoms with Crippen molar-refractivity contribution in [3.05, 3.63) is 72.2 Å². The number of carbonyl (C=O) groups is 2. The number of nitrogens with zero attached hydrogens (tertiary/aromatic N) is 2. The number of aliphatic hydroxyl groups is 1. The molecule has 0 atom stereocenters. The summed E-state index contributed by atoms with van der Waals surface area (Å²) < 4.78 is 15.1. The van der Waals surface area contributed by atoms with E-state index in [-0.39, 0.29) is 11.8 Å². The third kappa shape index (κ3) is 7.37. The van der Waals surface area contributed by atoms with Crippen molar-refractivity contribution < 1.29 is 19.1 Å². The lowest BCUT2D eigenvalue weighted by Gasteiger charge is -2.49. The van der Waals surface area contributed by atoms with Crippen molar-refractivity contribution >= 4 is 17.6 Å². The highest BCUT2D eigenvalue weighted by molar-refractivity contribution is 5.91. The van der Waals surface area contributed by atoms with E-state index in [0.29, 0.717) is 35.8 Å². The first-order valence-electron chi connectivity index (χ1n) is 14.3. The maximum absolute atomic E-state index is 15.1. The van der Waals surface area contributed by atoms with Crippen molar-refractivity contribution in [2.45, 2.75) is 82.9 Å². The second-order valence-corrected chi connectivity index (χ2v) is 11.8. The average molecular weight is 561 g/mol. The molecule has 3 aromatic rings. The standard InChI is InChI=1S/C24H24FN3O2.C9H17NO/c1-15(29)28-22-11-18(16-6-4-3-5-7-16)19(12-27-22)17-8-9-20(21(25)10-17)24(26)13-23(2,30)14-24;1-8(11)10(2)9-6-4-3-5-7-9/h3-12,30H,13-14,26H2,1-2H3,(H,27,28,29);9H,3-7H2,1-2H3. The number of nitrogens with one attached hydrogen (secondary N) is 1. The number of rotatable bonds is 5. The van der Waals surface area contributed by atoms with E-state index in [1.807, 2.05) is 48.3 Å². The van der Waals surface area contributed by atoms with E-state index in [0.717, 1.165) is 16.7 Å². The quantitative estimate of drug-likeness (QED) is 0.354. The van der Waals surface area contributed by atoms with Gasteiger partial charge in [-0.2, -0.15) is 0 Å². The second kappa shape index (κ2) is 12.5. The summed E-state index contributed by atoms with van der Waals surface area (Å²) in [6, 6.07) is 16.9. The molecule has 0 bridgehead atoms. The fraction of sp³-hybridized carbons (Fsp3) is 0.424. The molecular weight excluding hydrogens is 519 g/mol. The molecule has 2 aliphatic rings. The maximum atomic E-state index is 15.1. The van der Waals surface area contributed by atoms with Crippen LogP contribution >= 0.6 is 0 Å². The molecule has 0 aliphatic heterocycles. The predicted molar refractivity (Wildman–Crippen MR) is 160 cm³/mol. The SMILES string of the molecule is CC(=O)N(C)C1CCCCC1.CC(=O)Nc1cc(-c2ccccc2)c(-c2ccc(C3(N)CC(C)(O)C3)c(F)c2)cn1. The van der Waals surface area contributed by atoms with Gasteiger partial charge in [-0.05, 0) is 61.4 Å². The molecular formula is C33H41FN4O3. The Balaban J connectivity index is 0.000000296. The lowest BCUT2D eigenvalue weighted by Crippen LogP contribution is -2.58. The third-order valence-corrected chi connectivity index (χ3v) is 8.12. The van der Waals surface area contributed by atoms with Crippen LogP contribution in [0, 0.1) is 5.82 Å². The molecule has 0 radical (unpaired) electrons. The number of hydrogen-bond donors (Lipinski definition) is 3. The number of benzene rings is 2. The number of aromatic nitrogens is 1. The molecule has 0 unspecified atom stereocenters. The highest BCUT2D eigenvalue weighted by Gasteiger charge is 2.50. The Morgan fingerprint density at radius 2 is 1.66 bits per heavy atom. The van der Waals surface area contributed by atoms with E-state index in [4.69, 9.17) is 5.73 Å². The number of hydrogen-bond acceptors (Lipinski definition) is 5. The van der Waals surface area contributed by atoms with E-state index >= 15 is 4.39 Å². The van der Waals surface area contributed by atoms with Crippen LogP contribution in [0.1, 0.15) is 71.3 Å². The van der Waals surface area contributed by atoms with Crippen LogP contribution in [0.3, 0.4) is 0 Å². The minimum atomic E-state index is -0.859. The monoisotopic (exact) mass is 560 g/mol. The number of carbonyl (C=O) groups excluding carboxylic acids is 2. The highest BCUT2D eigenvalue weighted by Crippen LogP contribution is 2.47. The summed E-state index contributed by atoms with van der Waals surface area (Å²) in [5, 5.41) is 12.7. The normalized spacial score (nSPS) is 22.1. The van der Waals surface area contributed by atoms with Crippen molar-refractivity contribution in [2.24, 2.45) is 5.73 Å². The van der Waals surface area contributed by atoms with E-state index in [1.54, 1.807) is 32.2 Å². The summed E-state index contributed by atoms with van der Waals surface area (Å²) in [5.41, 5.74) is 8.17. The van der Waals surface area contributed by atoms with Crippen LogP contribution in [-0.2, 0) is 15.1 Å². The largest absolute Gasteiger partial charge is 0.390 e. The molecule has 218 valence electrons. The van der Waals surface area contributed by atoms with Crippen molar-refractivity contribution in [1.29, 1.82) is 0 Å². The zero-order valence-corrected chi connectivity index (χ0v) is 24.4. The molecule has 2 aliphatic carbocycles. The summed E-state index contributed by atoms with van der Waals surface area (Å²) >= 11 is 0. The Kier molecular flexibility index (Phi) is 9.24. The number of pyridine rings is 1. The molecule has 2 saturated carbocycles. The van der Waals surface area contributed by atoms with Gasteiger partial charge in [-0.1, -0.05) is 61.7 Å². The van der Waals surface area contributed by atoms with Crippen LogP contribution in [-0.4, -0.2) is 45.5 Å². The van der Waals surface area contributed by atoms with Crippen LogP contribution < -0.4 is 11.1 Å². The van der Waals surface area contributed by atoms with Gasteiger partial charge in [-0.3, -0.25) is 9.59 Å². The lowest BCUT2D eigenvalue weighted by molar-refractivity contribution is -0.130. The van der Waals surface area contributed by atoms with E-state index in [2.05, 4.69) is 10.3 Å². The summed E-state index contributed by atoms with van der Waals surface area (Å²) in [7, 11) is 1.92. The minimum absolute atomic E-state index is 0.205. The first-order chi connectivity index (χ1) is 19.4. The Morgan fingerprint density at radius 1 is 1.00 bits per heavy atom. The zero-order valence-electron chi connectivity index (χ0n) is 24.4. The van der Waals surface area contributed by atoms with Gasteiger partial charge in [-0.25, -0.2) is 9.37 Å². The molecule has 1 aromatic heterocycles. The zero-order chi connectivity index (χ0) is 29.8. The molecule has 0 spiro atoms. The van der Waals surface area contributed by atoms with Gasteiger partial charge in [0, 0.05) is 49.8 Å². The third-order valence-electron chi connectivity index (χ3n) is 8.12. The van der Waals surface area contributed by atoms with Gasteiger partial charge < -0.3 is 21.1 Å². The average Bonchev–Trinajstić information content (AvgIpc) is 2.92. The smallest absolute Gasteiger partial charge is 0.222 e. The molecule has 7 nitrogen and oxygen atoms in total. The van der Waals surface area contributed by atoms with Crippen molar-refractivity contribution in [3.8, 4) is 22.3 Å². The molecule has 2 fully saturated rings. The van der Waals surface area contributed by atoms with Gasteiger partial charge in [0.1, 0.15) is 11.6 Å². The van der Waals surface area contributed by atoms with Crippen molar-refractivity contribution in [1.82, 2.24) is 9.88 Å². The fourth-order valence-corrected chi connectivity index (χ4v) is 6.10. The van der Waals surface area contributed by atoms with Gasteiger partial charge in [-0.15, -0.1) is 0 Å². The molecule has 2 aromatic carbocycles. The van der Waals surface area contributed by atoms with Gasteiger partial charge in [0.15, 0.2) is 0 Å². The lowest BCUT2D eigenvalue weighted by atomic mass is 9.63. The molecule has 5 rings (SSSR count). The molecule has 4 N–H and O–H groups in total. The number of anilines is 1. The van der Waals surface area contributed by atoms with Gasteiger partial charge in [0.2, 0.25) is 11.8 Å². The molecule has 2 amide bonds. The van der Waals surface area contributed by atoms with Crippen LogP contribution in [0.25, 0.3) is 22.3 Å². The van der Waals surface area contributed by atoms with Crippen LogP contribution in [0.2, 0.25) is 0 Å². The molecule has 0 saturated heterocycles. The summed E-state index contributed by atoms with van der Waals surface area (Å²) in [5.74, 6) is 0.0152. The second-order valence-electron chi connectivity index (χ2n) is 11.8. The van der Waals surface area contributed by atoms with Crippen LogP contribution in [0.4, 0.5) is 10.2 Å². The number of amides is 2. The Hall–Kier alpha value is -3.62. The molecule has 1 heterocycles. The maximum Gasteiger partial charge on any atom is 0.222 e. The van der Waals surface area contributed by atoms with Gasteiger partial charge >= 0.3 is 0 Å². The van der Waals surface area contributed by atoms with E-state index in [9.17, 15) is 14.7 Å². The number of halogens is 1. The highest BCUT2D eigenvalue weighted by atomic mass is 19.1. The van der Waals surface area contributed by atoms with Crippen molar-refractivity contribution in [2.75, 3.05) is 12.4 Å². The molecule has 8 heteroatoms. The van der Waals surface area contributed by atoms with E-state index in [1.165, 1.54) is 45.1 Å². The first-order valence-corrected chi connectivity index (χ1v) is 14.3. The summed E-state index contributed by atoms with van der Waals surface area (Å²) in [6.45, 7) is 4.78. The van der Waals surface area contributed by atoms with E-state index < -0.39 is 17.0 Å². The van der Waals surface area contributed by atoms with Crippen LogP contribution in [0.15, 0.2) is 60.8 Å². The van der Waals surface area contributed by atoms with Crippen LogP contribution in [0.5, 0.6) is 0 Å². The Bertz CT molecular complexity index is 1380. The number of nitrogens with two attached hydrogens (primary N) is 1. The van der Waals surface area contributed by atoms with Gasteiger partial charge in [0.25, 0.3) is 0 Å². The predicted octanol–water partition coefficient (Wildman–Crippen LogP) is 6.01. The molecule has 41 heavy (non-hydrogen) atoms. The van der Waals surface area contributed by atoms with Crippen molar-refractivity contribution in [3.63, 3.8) is 0 Å². The first kappa shape index (κ1) is 30.3. The topological polar surface area (TPSA) is 109 Å². The summed E-state index contributed by atoms with van der Waals surface area (Å²) in [4.78, 5) is 28.6. The fourth-order valence-electron chi connectivity index (χ4n) is 6.10. The summed E-state index contributed by atoms with van der Waals surface area (Å²) in [6.07, 6.45) is 8.62. The van der Waals surface area contributed by atoms with Gasteiger partial charge in [0.05, 0.1) is 5.60 Å².